The second kappa shape index (κ2) is 63.4. The van der Waals surface area contributed by atoms with Crippen LogP contribution in [0.3, 0.4) is 0 Å². The van der Waals surface area contributed by atoms with Crippen molar-refractivity contribution in [3.8, 4) is 0 Å². The fourth-order valence-corrected chi connectivity index (χ4v) is 10.3. The summed E-state index contributed by atoms with van der Waals surface area (Å²) >= 11 is 0. The molecule has 0 rings (SSSR count). The van der Waals surface area contributed by atoms with E-state index < -0.39 is 26.5 Å². The lowest BCUT2D eigenvalue weighted by Crippen LogP contribution is -2.37. The van der Waals surface area contributed by atoms with Crippen LogP contribution in [0.2, 0.25) is 0 Å². The van der Waals surface area contributed by atoms with Crippen molar-refractivity contribution >= 4 is 19.8 Å². The third kappa shape index (κ3) is 67.9. The van der Waals surface area contributed by atoms with Crippen LogP contribution in [0.5, 0.6) is 0 Å². The maximum Gasteiger partial charge on any atom is 0.306 e. The van der Waals surface area contributed by atoms with E-state index in [4.69, 9.17) is 18.5 Å². The highest BCUT2D eigenvalue weighted by atomic mass is 31.2. The molecule has 0 heterocycles. The highest BCUT2D eigenvalue weighted by Gasteiger charge is 2.22. The molecule has 0 aliphatic heterocycles. The Kier molecular flexibility index (Phi) is 61.1. The molecule has 9 nitrogen and oxygen atoms in total. The van der Waals surface area contributed by atoms with Crippen LogP contribution in [-0.4, -0.2) is 70.0 Å². The Hall–Kier alpha value is -3.07. The van der Waals surface area contributed by atoms with E-state index in [-0.39, 0.29) is 32.0 Å². The average Bonchev–Trinajstić information content (AvgIpc) is 3.48. The summed E-state index contributed by atoms with van der Waals surface area (Å²) in [5.74, 6) is -0.835. The van der Waals surface area contributed by atoms with Gasteiger partial charge < -0.3 is 27.9 Å². The van der Waals surface area contributed by atoms with Crippen LogP contribution in [0, 0.1) is 0 Å². The topological polar surface area (TPSA) is 111 Å². The van der Waals surface area contributed by atoms with Gasteiger partial charge in [0.25, 0.3) is 7.82 Å². The van der Waals surface area contributed by atoms with E-state index in [2.05, 4.69) is 111 Å². The number of likely N-dealkylation sites (N-methyl/N-ethyl adjacent to an activating group) is 1. The molecule has 0 amide bonds. The monoisotopic (exact) mass is 1180 g/mol. The summed E-state index contributed by atoms with van der Waals surface area (Å²) in [5, 5.41) is 0. The van der Waals surface area contributed by atoms with Crippen molar-refractivity contribution < 1.29 is 42.1 Å². The number of quaternary nitrogens is 1. The molecule has 0 aromatic heterocycles. The van der Waals surface area contributed by atoms with Gasteiger partial charge in [-0.25, -0.2) is 0 Å². The lowest BCUT2D eigenvalue weighted by Gasteiger charge is -2.28. The molecule has 0 spiro atoms. The molecule has 0 saturated heterocycles. The van der Waals surface area contributed by atoms with Crippen LogP contribution in [0.4, 0.5) is 0 Å². The second-order valence-corrected chi connectivity index (χ2v) is 25.6. The Morgan fingerprint density at radius 3 is 1.02 bits per heavy atom. The van der Waals surface area contributed by atoms with Crippen LogP contribution in [0.1, 0.15) is 303 Å². The van der Waals surface area contributed by atoms with Crippen molar-refractivity contribution in [2.24, 2.45) is 0 Å². The number of ether oxygens (including phenoxy) is 2. The Bertz CT molecular complexity index is 1720. The largest absolute Gasteiger partial charge is 0.756 e. The Balaban J connectivity index is 4.10. The average molecular weight is 1180 g/mol. The first kappa shape index (κ1) is 79.9. The van der Waals surface area contributed by atoms with Crippen LogP contribution in [0.15, 0.2) is 97.2 Å². The fraction of sp³-hybridized carbons (Fsp3) is 0.753. The number of hydrogen-bond acceptors (Lipinski definition) is 8. The molecule has 2 unspecified atom stereocenters. The molecule has 83 heavy (non-hydrogen) atoms. The molecule has 480 valence electrons. The number of phosphoric acid groups is 1. The minimum atomic E-state index is -4.65. The highest BCUT2D eigenvalue weighted by molar-refractivity contribution is 7.45. The minimum absolute atomic E-state index is 0.0353. The van der Waals surface area contributed by atoms with Crippen molar-refractivity contribution in [3.63, 3.8) is 0 Å². The molecule has 0 radical (unpaired) electrons. The predicted octanol–water partition coefficient (Wildman–Crippen LogP) is 21.7. The van der Waals surface area contributed by atoms with Gasteiger partial charge in [0, 0.05) is 12.8 Å². The van der Waals surface area contributed by atoms with E-state index in [1.54, 1.807) is 0 Å². The minimum Gasteiger partial charge on any atom is -0.756 e. The van der Waals surface area contributed by atoms with Crippen molar-refractivity contribution in [3.05, 3.63) is 97.2 Å². The van der Waals surface area contributed by atoms with Gasteiger partial charge in [0.1, 0.15) is 19.8 Å². The van der Waals surface area contributed by atoms with Gasteiger partial charge >= 0.3 is 11.9 Å². The van der Waals surface area contributed by atoms with E-state index in [9.17, 15) is 19.0 Å². The van der Waals surface area contributed by atoms with Crippen molar-refractivity contribution in [1.29, 1.82) is 0 Å². The number of allylic oxidation sites excluding steroid dienone is 16. The number of unbranched alkanes of at least 4 members (excludes halogenated alkanes) is 33. The SMILES string of the molecule is CC/C=C\C/C=C\C/C=C\C/C=C\C/C=C\C/C=C\C/C=C\C/C=C\CCCCCCCCCCC(=O)OC(COC(=O)CCCCCCCCCCCCCCCCCCCCCCCCCCCC)COP(=O)([O-])OCC[N+](C)(C)C. The smallest absolute Gasteiger partial charge is 0.306 e. The van der Waals surface area contributed by atoms with Gasteiger partial charge in [0.2, 0.25) is 0 Å². The van der Waals surface area contributed by atoms with Gasteiger partial charge in [-0.1, -0.05) is 310 Å². The molecular formula is C73H130NO8P. The van der Waals surface area contributed by atoms with Crippen molar-refractivity contribution in [2.75, 3.05) is 47.5 Å². The zero-order chi connectivity index (χ0) is 60.5. The van der Waals surface area contributed by atoms with E-state index in [1.165, 1.54) is 173 Å². The van der Waals surface area contributed by atoms with E-state index in [0.29, 0.717) is 17.4 Å². The molecule has 0 aliphatic rings. The molecule has 0 bridgehead atoms. The molecule has 0 N–H and O–H groups in total. The Morgan fingerprint density at radius 2 is 0.687 bits per heavy atom. The lowest BCUT2D eigenvalue weighted by molar-refractivity contribution is -0.870. The van der Waals surface area contributed by atoms with Gasteiger partial charge in [-0.15, -0.1) is 0 Å². The third-order valence-electron chi connectivity index (χ3n) is 14.9. The van der Waals surface area contributed by atoms with Crippen LogP contribution < -0.4 is 4.89 Å². The van der Waals surface area contributed by atoms with Crippen LogP contribution >= 0.6 is 7.82 Å². The lowest BCUT2D eigenvalue weighted by atomic mass is 10.0. The zero-order valence-corrected chi connectivity index (χ0v) is 55.5. The number of rotatable bonds is 63. The summed E-state index contributed by atoms with van der Waals surface area (Å²) in [6.07, 6.45) is 87.6. The molecule has 0 aliphatic carbocycles. The number of phosphoric ester groups is 1. The predicted molar refractivity (Wildman–Crippen MR) is 355 cm³/mol. The van der Waals surface area contributed by atoms with Crippen molar-refractivity contribution in [1.82, 2.24) is 0 Å². The maximum absolute atomic E-state index is 12.9. The normalized spacial score (nSPS) is 13.8. The van der Waals surface area contributed by atoms with Crippen molar-refractivity contribution in [2.45, 2.75) is 309 Å². The van der Waals surface area contributed by atoms with Gasteiger partial charge in [0.05, 0.1) is 27.7 Å². The van der Waals surface area contributed by atoms with Gasteiger partial charge in [0.15, 0.2) is 6.10 Å². The Labute approximate surface area is 513 Å². The van der Waals surface area contributed by atoms with Gasteiger partial charge in [-0.2, -0.15) is 0 Å². The summed E-state index contributed by atoms with van der Waals surface area (Å²) in [7, 11) is 1.16. The van der Waals surface area contributed by atoms with Gasteiger partial charge in [-0.05, 0) is 77.0 Å². The summed E-state index contributed by atoms with van der Waals surface area (Å²) in [6.45, 7) is 4.15. The molecule has 0 fully saturated rings. The quantitative estimate of drug-likeness (QED) is 0.0195. The first-order valence-electron chi connectivity index (χ1n) is 34.4. The Morgan fingerprint density at radius 1 is 0.386 bits per heavy atom. The van der Waals surface area contributed by atoms with Gasteiger partial charge in [-0.3, -0.25) is 14.2 Å². The van der Waals surface area contributed by atoms with E-state index >= 15 is 0 Å². The van der Waals surface area contributed by atoms with E-state index in [0.717, 1.165) is 96.3 Å². The molecule has 0 aromatic carbocycles. The zero-order valence-electron chi connectivity index (χ0n) is 54.6. The number of nitrogens with zero attached hydrogens (tertiary/aromatic N) is 1. The number of carbonyl (C=O) groups excluding carboxylic acids is 2. The molecule has 0 saturated carbocycles. The summed E-state index contributed by atoms with van der Waals surface area (Å²) < 4.78 is 34.3. The number of carbonyl (C=O) groups is 2. The van der Waals surface area contributed by atoms with Crippen LogP contribution in [0.25, 0.3) is 0 Å². The van der Waals surface area contributed by atoms with E-state index in [1.807, 2.05) is 21.1 Å². The third-order valence-corrected chi connectivity index (χ3v) is 15.8. The molecule has 2 atom stereocenters. The maximum atomic E-state index is 12.9. The summed E-state index contributed by atoms with van der Waals surface area (Å²) in [6, 6.07) is 0. The molecular weight excluding hydrogens is 1050 g/mol. The fourth-order valence-electron chi connectivity index (χ4n) is 9.62. The first-order chi connectivity index (χ1) is 40.5. The molecule has 0 aromatic rings. The summed E-state index contributed by atoms with van der Waals surface area (Å²) in [4.78, 5) is 38.0. The van der Waals surface area contributed by atoms with Crippen LogP contribution in [-0.2, 0) is 32.7 Å². The number of esters is 2. The molecule has 10 heteroatoms. The highest BCUT2D eigenvalue weighted by Crippen LogP contribution is 2.38. The standard InChI is InChI=1S/C73H130NO8P/c1-6-8-10-12-14-16-18-20-22-24-26-28-30-32-34-35-36-37-38-39-40-42-44-46-48-50-52-54-56-58-60-62-64-66-73(76)82-71(70-81-83(77,78)80-68-67-74(3,4)5)69-79-72(75)65-63-61-59-57-55-53-51-49-47-45-43-41-33-31-29-27-25-23-21-19-17-15-13-11-9-7-2/h8,10,14,16,20,22,26,28,32,34,36-37,39-40,44,46,71H,6-7,9,11-13,15,17-19,21,23-25,27,29-31,33,35,38,41-43,45,47-70H2,1-5H3/b10-8-,16-14-,22-20-,28-26-,34-32-,37-36-,40-39-,46-44-. The summed E-state index contributed by atoms with van der Waals surface area (Å²) in [5.41, 5.74) is 0. The number of hydrogen-bond donors (Lipinski definition) is 0. The first-order valence-corrected chi connectivity index (χ1v) is 35.9. The second-order valence-electron chi connectivity index (χ2n) is 24.2.